The first-order valence-electron chi connectivity index (χ1n) is 10.2. The number of ketones is 1. The maximum Gasteiger partial charge on any atom is 0.230 e. The Morgan fingerprint density at radius 1 is 1.25 bits per heavy atom. The number of anilines is 1. The molecule has 5 atom stereocenters. The highest BCUT2D eigenvalue weighted by molar-refractivity contribution is 6.07. The SMILES string of the molecule is CN1CC[C@]23C(=O)C[C@H]4C(=CCO[C@H]5CC(=O)N(c6c(O)cccc62)[C@H]3[C@H]54)C1. The van der Waals surface area contributed by atoms with Crippen LogP contribution in [0.25, 0.3) is 0 Å². The van der Waals surface area contributed by atoms with Gasteiger partial charge >= 0.3 is 0 Å². The Labute approximate surface area is 163 Å². The van der Waals surface area contributed by atoms with Crippen molar-refractivity contribution in [2.75, 3.05) is 31.6 Å². The number of hydrogen-bond acceptors (Lipinski definition) is 5. The van der Waals surface area contributed by atoms with Gasteiger partial charge in [0.2, 0.25) is 5.91 Å². The van der Waals surface area contributed by atoms with Crippen LogP contribution in [0.3, 0.4) is 0 Å². The summed E-state index contributed by atoms with van der Waals surface area (Å²) in [6.07, 6.45) is 3.44. The molecule has 7 rings (SSSR count). The van der Waals surface area contributed by atoms with Gasteiger partial charge < -0.3 is 19.6 Å². The molecule has 1 aromatic rings. The number of para-hydroxylation sites is 1. The number of hydrogen-bond donors (Lipinski definition) is 1. The topological polar surface area (TPSA) is 70.1 Å². The van der Waals surface area contributed by atoms with Crippen LogP contribution >= 0.6 is 0 Å². The van der Waals surface area contributed by atoms with Gasteiger partial charge in [-0.15, -0.1) is 0 Å². The van der Waals surface area contributed by atoms with Gasteiger partial charge in [-0.25, -0.2) is 0 Å². The van der Waals surface area contributed by atoms with Gasteiger partial charge in [0.1, 0.15) is 11.5 Å². The van der Waals surface area contributed by atoms with E-state index in [1.807, 2.05) is 6.07 Å². The molecule has 1 spiro atoms. The quantitative estimate of drug-likeness (QED) is 0.693. The fourth-order valence-corrected chi connectivity index (χ4v) is 6.71. The largest absolute Gasteiger partial charge is 0.506 e. The van der Waals surface area contributed by atoms with Crippen molar-refractivity contribution in [2.45, 2.75) is 36.8 Å². The van der Waals surface area contributed by atoms with Crippen LogP contribution in [0.1, 0.15) is 24.8 Å². The lowest BCUT2D eigenvalue weighted by molar-refractivity contribution is -0.140. The molecular formula is C22H24N2O4. The normalized spacial score (nSPS) is 39.0. The Balaban J connectivity index is 1.67. The van der Waals surface area contributed by atoms with Gasteiger partial charge in [-0.05, 0) is 37.6 Å². The molecule has 0 aromatic heterocycles. The predicted octanol–water partition coefficient (Wildman–Crippen LogP) is 1.61. The number of rotatable bonds is 0. The third-order valence-corrected chi connectivity index (χ3v) is 7.80. The molecule has 6 aliphatic rings. The number of aromatic hydroxyl groups is 1. The molecular weight excluding hydrogens is 356 g/mol. The first kappa shape index (κ1) is 16.7. The number of nitrogens with zero attached hydrogens (tertiary/aromatic N) is 2. The minimum atomic E-state index is -0.749. The Bertz CT molecular complexity index is 940. The van der Waals surface area contributed by atoms with E-state index in [0.29, 0.717) is 31.6 Å². The number of phenols is 1. The Hall–Kier alpha value is -2.18. The molecule has 5 heterocycles. The Morgan fingerprint density at radius 2 is 2.11 bits per heavy atom. The lowest BCUT2D eigenvalue weighted by Crippen LogP contribution is -2.66. The van der Waals surface area contributed by atoms with Crippen LogP contribution in [0.4, 0.5) is 5.69 Å². The molecule has 6 heteroatoms. The number of benzene rings is 1. The lowest BCUT2D eigenvalue weighted by Gasteiger charge is -2.53. The highest BCUT2D eigenvalue weighted by atomic mass is 16.5. The van der Waals surface area contributed by atoms with Crippen LogP contribution < -0.4 is 4.90 Å². The highest BCUT2D eigenvalue weighted by Crippen LogP contribution is 2.62. The fraction of sp³-hybridized carbons (Fsp3) is 0.545. The summed E-state index contributed by atoms with van der Waals surface area (Å²) in [5.74, 6) is 0.455. The maximum atomic E-state index is 13.8. The summed E-state index contributed by atoms with van der Waals surface area (Å²) in [5, 5.41) is 10.7. The number of carbonyl (C=O) groups excluding carboxylic acids is 2. The van der Waals surface area contributed by atoms with Crippen molar-refractivity contribution < 1.29 is 19.4 Å². The third-order valence-electron chi connectivity index (χ3n) is 7.80. The molecule has 28 heavy (non-hydrogen) atoms. The lowest BCUT2D eigenvalue weighted by atomic mass is 9.55. The maximum absolute atomic E-state index is 13.8. The van der Waals surface area contributed by atoms with Crippen LogP contribution in [0.15, 0.2) is 29.8 Å². The molecule has 1 saturated carbocycles. The first-order chi connectivity index (χ1) is 13.5. The van der Waals surface area contributed by atoms with E-state index in [2.05, 4.69) is 18.0 Å². The predicted molar refractivity (Wildman–Crippen MR) is 102 cm³/mol. The summed E-state index contributed by atoms with van der Waals surface area (Å²) in [6, 6.07) is 5.10. The number of carbonyl (C=O) groups is 2. The summed E-state index contributed by atoms with van der Waals surface area (Å²) in [7, 11) is 2.10. The van der Waals surface area contributed by atoms with Crippen molar-refractivity contribution in [3.8, 4) is 5.75 Å². The van der Waals surface area contributed by atoms with Crippen LogP contribution in [-0.4, -0.2) is 60.6 Å². The van der Waals surface area contributed by atoms with Crippen LogP contribution in [-0.2, 0) is 19.7 Å². The second kappa shape index (κ2) is 5.45. The van der Waals surface area contributed by atoms with Gasteiger partial charge in [0.15, 0.2) is 0 Å². The molecule has 4 bridgehead atoms. The number of likely N-dealkylation sites (N-methyl/N-ethyl adjacent to an activating group) is 1. The van der Waals surface area contributed by atoms with E-state index in [1.165, 1.54) is 5.57 Å². The van der Waals surface area contributed by atoms with Crippen molar-refractivity contribution in [3.05, 3.63) is 35.4 Å². The van der Waals surface area contributed by atoms with Gasteiger partial charge in [0.05, 0.1) is 36.3 Å². The molecule has 1 aliphatic carbocycles. The zero-order valence-electron chi connectivity index (χ0n) is 15.9. The number of phenolic OH excluding ortho intramolecular Hbond substituents is 1. The van der Waals surface area contributed by atoms with E-state index in [9.17, 15) is 14.7 Å². The minimum Gasteiger partial charge on any atom is -0.506 e. The summed E-state index contributed by atoms with van der Waals surface area (Å²) < 4.78 is 6.17. The molecule has 1 amide bonds. The molecule has 4 fully saturated rings. The summed E-state index contributed by atoms with van der Waals surface area (Å²) in [5.41, 5.74) is 1.91. The summed E-state index contributed by atoms with van der Waals surface area (Å²) >= 11 is 0. The molecule has 1 aromatic carbocycles. The van der Waals surface area contributed by atoms with Gasteiger partial charge in [0.25, 0.3) is 0 Å². The average molecular weight is 380 g/mol. The highest BCUT2D eigenvalue weighted by Gasteiger charge is 2.68. The van der Waals surface area contributed by atoms with Crippen molar-refractivity contribution in [2.24, 2.45) is 11.8 Å². The molecule has 3 saturated heterocycles. The van der Waals surface area contributed by atoms with Gasteiger partial charge in [-0.3, -0.25) is 9.59 Å². The number of Topliss-reactive ketones (excluding diaryl/α,β-unsaturated/α-hetero) is 1. The van der Waals surface area contributed by atoms with Crippen molar-refractivity contribution in [1.82, 2.24) is 4.90 Å². The summed E-state index contributed by atoms with van der Waals surface area (Å²) in [6.45, 7) is 2.12. The Kier molecular flexibility index (Phi) is 3.26. The molecule has 146 valence electrons. The van der Waals surface area contributed by atoms with E-state index in [1.54, 1.807) is 17.0 Å². The van der Waals surface area contributed by atoms with E-state index in [0.717, 1.165) is 18.7 Å². The fourth-order valence-electron chi connectivity index (χ4n) is 6.71. The van der Waals surface area contributed by atoms with Crippen LogP contribution in [0, 0.1) is 11.8 Å². The standard InChI is InChI=1S/C22H24N2O4/c1-23-7-6-22-14-3-2-4-15(25)20(14)24-18(27)10-16-19(21(22)24)13(9-17(22)26)12(11-23)5-8-28-16/h2-5,13,16,19,21,25H,6-11H2,1H3/t13-,16-,19-,21-,22+/m0/s1. The van der Waals surface area contributed by atoms with E-state index < -0.39 is 5.41 Å². The molecule has 5 aliphatic heterocycles. The zero-order valence-corrected chi connectivity index (χ0v) is 15.9. The Morgan fingerprint density at radius 3 is 2.96 bits per heavy atom. The zero-order chi connectivity index (χ0) is 19.2. The monoisotopic (exact) mass is 380 g/mol. The van der Waals surface area contributed by atoms with Crippen LogP contribution in [0.5, 0.6) is 5.75 Å². The van der Waals surface area contributed by atoms with Crippen molar-refractivity contribution in [1.29, 1.82) is 0 Å². The van der Waals surface area contributed by atoms with Gasteiger partial charge in [-0.2, -0.15) is 0 Å². The minimum absolute atomic E-state index is 0.0413. The average Bonchev–Trinajstić information content (AvgIpc) is 2.92. The van der Waals surface area contributed by atoms with Gasteiger partial charge in [-0.1, -0.05) is 23.8 Å². The second-order valence-electron chi connectivity index (χ2n) is 9.01. The van der Waals surface area contributed by atoms with E-state index in [4.69, 9.17) is 4.74 Å². The first-order valence-corrected chi connectivity index (χ1v) is 10.2. The number of amides is 1. The van der Waals surface area contributed by atoms with Crippen LogP contribution in [0.2, 0.25) is 0 Å². The second-order valence-corrected chi connectivity index (χ2v) is 9.01. The van der Waals surface area contributed by atoms with Gasteiger partial charge in [0, 0.05) is 18.9 Å². The molecule has 1 N–H and O–H groups in total. The molecule has 0 radical (unpaired) electrons. The van der Waals surface area contributed by atoms with Crippen molar-refractivity contribution in [3.63, 3.8) is 0 Å². The van der Waals surface area contributed by atoms with E-state index in [-0.39, 0.29) is 41.4 Å². The molecule has 6 nitrogen and oxygen atoms in total. The smallest absolute Gasteiger partial charge is 0.230 e. The number of fused-ring (bicyclic) bond motifs is 6. The molecule has 0 unspecified atom stereocenters. The number of ether oxygens (including phenoxy) is 1. The number of piperidine rings is 1. The van der Waals surface area contributed by atoms with E-state index >= 15 is 0 Å². The third kappa shape index (κ3) is 1.85. The summed E-state index contributed by atoms with van der Waals surface area (Å²) in [4.78, 5) is 31.1. The van der Waals surface area contributed by atoms with Crippen molar-refractivity contribution >= 4 is 17.4 Å².